The Labute approximate surface area is 131 Å². The summed E-state index contributed by atoms with van der Waals surface area (Å²) in [5.74, 6) is 2.96. The van der Waals surface area contributed by atoms with Gasteiger partial charge in [-0.05, 0) is 37.9 Å². The van der Waals surface area contributed by atoms with Crippen LogP contribution in [-0.2, 0) is 6.54 Å². The van der Waals surface area contributed by atoms with Crippen LogP contribution in [0.25, 0.3) is 0 Å². The van der Waals surface area contributed by atoms with Gasteiger partial charge in [0.1, 0.15) is 5.75 Å². The molecule has 0 spiro atoms. The fourth-order valence-electron chi connectivity index (χ4n) is 2.96. The summed E-state index contributed by atoms with van der Waals surface area (Å²) in [6.07, 6.45) is 2.41. The van der Waals surface area contributed by atoms with Crippen LogP contribution in [0.3, 0.4) is 0 Å². The summed E-state index contributed by atoms with van der Waals surface area (Å²) in [7, 11) is 0. The van der Waals surface area contributed by atoms with Crippen LogP contribution >= 0.6 is 0 Å². The summed E-state index contributed by atoms with van der Waals surface area (Å²) in [6, 6.07) is 8.19. The standard InChI is InChI=1S/C17H23N3O2/c1-13-6-3-4-8-16(13)21-12-15-7-5-9-20(10-15)11-17-18-14(2)22-19-17/h3-4,6,8,15H,5,7,9-12H2,1-2H3/t15-/m0/s1. The Balaban J connectivity index is 1.51. The normalized spacial score (nSPS) is 19.3. The van der Waals surface area contributed by atoms with Crippen LogP contribution in [-0.4, -0.2) is 34.7 Å². The van der Waals surface area contributed by atoms with E-state index in [1.807, 2.05) is 25.1 Å². The molecule has 0 saturated carbocycles. The SMILES string of the molecule is Cc1nc(CN2CCC[C@H](COc3ccccc3C)C2)no1. The van der Waals surface area contributed by atoms with Gasteiger partial charge in [0.05, 0.1) is 13.2 Å². The number of likely N-dealkylation sites (tertiary alicyclic amines) is 1. The molecule has 1 aromatic carbocycles. The van der Waals surface area contributed by atoms with Gasteiger partial charge in [-0.15, -0.1) is 0 Å². The molecule has 0 radical (unpaired) electrons. The smallest absolute Gasteiger partial charge is 0.223 e. The van der Waals surface area contributed by atoms with Crippen molar-refractivity contribution in [3.05, 3.63) is 41.5 Å². The molecular formula is C17H23N3O2. The van der Waals surface area contributed by atoms with Gasteiger partial charge in [-0.1, -0.05) is 23.4 Å². The molecular weight excluding hydrogens is 278 g/mol. The van der Waals surface area contributed by atoms with Crippen LogP contribution in [0.15, 0.2) is 28.8 Å². The fourth-order valence-corrected chi connectivity index (χ4v) is 2.96. The molecule has 5 heteroatoms. The van der Waals surface area contributed by atoms with E-state index in [4.69, 9.17) is 9.26 Å². The van der Waals surface area contributed by atoms with E-state index in [1.165, 1.54) is 18.4 Å². The highest BCUT2D eigenvalue weighted by Gasteiger charge is 2.22. The summed E-state index contributed by atoms with van der Waals surface area (Å²) in [5.41, 5.74) is 1.19. The highest BCUT2D eigenvalue weighted by molar-refractivity contribution is 5.31. The Morgan fingerprint density at radius 2 is 2.18 bits per heavy atom. The molecule has 2 heterocycles. The monoisotopic (exact) mass is 301 g/mol. The van der Waals surface area contributed by atoms with Crippen LogP contribution in [0.2, 0.25) is 0 Å². The van der Waals surface area contributed by atoms with Crippen LogP contribution in [0.1, 0.15) is 30.1 Å². The molecule has 1 saturated heterocycles. The molecule has 1 aromatic heterocycles. The first-order valence-corrected chi connectivity index (χ1v) is 7.90. The van der Waals surface area contributed by atoms with Gasteiger partial charge in [0, 0.05) is 19.4 Å². The van der Waals surface area contributed by atoms with Crippen molar-refractivity contribution in [2.45, 2.75) is 33.2 Å². The number of hydrogen-bond acceptors (Lipinski definition) is 5. The first-order valence-electron chi connectivity index (χ1n) is 7.90. The lowest BCUT2D eigenvalue weighted by Crippen LogP contribution is -2.37. The van der Waals surface area contributed by atoms with Crippen molar-refractivity contribution in [2.75, 3.05) is 19.7 Å². The van der Waals surface area contributed by atoms with Gasteiger partial charge in [-0.2, -0.15) is 4.98 Å². The average Bonchev–Trinajstić information content (AvgIpc) is 2.92. The van der Waals surface area contributed by atoms with E-state index in [0.29, 0.717) is 11.8 Å². The highest BCUT2D eigenvalue weighted by atomic mass is 16.5. The average molecular weight is 301 g/mol. The van der Waals surface area contributed by atoms with Crippen molar-refractivity contribution in [1.29, 1.82) is 0 Å². The minimum Gasteiger partial charge on any atom is -0.493 e. The van der Waals surface area contributed by atoms with Gasteiger partial charge in [-0.3, -0.25) is 4.90 Å². The molecule has 2 aromatic rings. The second kappa shape index (κ2) is 6.92. The molecule has 1 aliphatic rings. The number of benzene rings is 1. The minimum atomic E-state index is 0.557. The Bertz CT molecular complexity index is 611. The van der Waals surface area contributed by atoms with Gasteiger partial charge in [0.2, 0.25) is 5.89 Å². The van der Waals surface area contributed by atoms with Gasteiger partial charge in [-0.25, -0.2) is 0 Å². The Morgan fingerprint density at radius 1 is 1.32 bits per heavy atom. The quantitative estimate of drug-likeness (QED) is 0.850. The zero-order chi connectivity index (χ0) is 15.4. The van der Waals surface area contributed by atoms with Gasteiger partial charge in [0.25, 0.3) is 0 Å². The molecule has 3 rings (SSSR count). The van der Waals surface area contributed by atoms with E-state index in [0.717, 1.165) is 37.8 Å². The largest absolute Gasteiger partial charge is 0.493 e. The lowest BCUT2D eigenvalue weighted by Gasteiger charge is -2.31. The number of aromatic nitrogens is 2. The molecule has 1 atom stereocenters. The maximum absolute atomic E-state index is 6.00. The maximum atomic E-state index is 6.00. The van der Waals surface area contributed by atoms with E-state index in [-0.39, 0.29) is 0 Å². The zero-order valence-corrected chi connectivity index (χ0v) is 13.3. The Morgan fingerprint density at radius 3 is 2.95 bits per heavy atom. The van der Waals surface area contributed by atoms with Crippen LogP contribution in [0, 0.1) is 19.8 Å². The molecule has 0 unspecified atom stereocenters. The summed E-state index contributed by atoms with van der Waals surface area (Å²) in [6.45, 7) is 7.56. The number of nitrogens with zero attached hydrogens (tertiary/aromatic N) is 3. The first-order chi connectivity index (χ1) is 10.7. The molecule has 5 nitrogen and oxygen atoms in total. The summed E-state index contributed by atoms with van der Waals surface area (Å²) in [5, 5.41) is 3.98. The van der Waals surface area contributed by atoms with Crippen LogP contribution in [0.4, 0.5) is 0 Å². The second-order valence-corrected chi connectivity index (χ2v) is 6.05. The van der Waals surface area contributed by atoms with E-state index < -0.39 is 0 Å². The molecule has 1 aliphatic heterocycles. The van der Waals surface area contributed by atoms with Crippen molar-refractivity contribution >= 4 is 0 Å². The van der Waals surface area contributed by atoms with E-state index in [9.17, 15) is 0 Å². The van der Waals surface area contributed by atoms with E-state index in [1.54, 1.807) is 0 Å². The molecule has 0 bridgehead atoms. The van der Waals surface area contributed by atoms with Crippen molar-refractivity contribution in [1.82, 2.24) is 15.0 Å². The number of hydrogen-bond donors (Lipinski definition) is 0. The van der Waals surface area contributed by atoms with E-state index in [2.05, 4.69) is 28.0 Å². The van der Waals surface area contributed by atoms with Gasteiger partial charge in [0.15, 0.2) is 5.82 Å². The van der Waals surface area contributed by atoms with Crippen molar-refractivity contribution < 1.29 is 9.26 Å². The third-order valence-corrected chi connectivity index (χ3v) is 4.11. The summed E-state index contributed by atoms with van der Waals surface area (Å²) in [4.78, 5) is 6.67. The third-order valence-electron chi connectivity index (χ3n) is 4.11. The minimum absolute atomic E-state index is 0.557. The predicted molar refractivity (Wildman–Crippen MR) is 83.7 cm³/mol. The van der Waals surface area contributed by atoms with Crippen LogP contribution in [0.5, 0.6) is 5.75 Å². The van der Waals surface area contributed by atoms with Gasteiger partial charge < -0.3 is 9.26 Å². The second-order valence-electron chi connectivity index (χ2n) is 6.05. The molecule has 0 amide bonds. The molecule has 0 N–H and O–H groups in total. The maximum Gasteiger partial charge on any atom is 0.223 e. The lowest BCUT2D eigenvalue weighted by atomic mass is 9.99. The van der Waals surface area contributed by atoms with Crippen LogP contribution < -0.4 is 4.74 Å². The number of aryl methyl sites for hydroxylation is 2. The fraction of sp³-hybridized carbons (Fsp3) is 0.529. The highest BCUT2D eigenvalue weighted by Crippen LogP contribution is 2.21. The molecule has 0 aliphatic carbocycles. The summed E-state index contributed by atoms with van der Waals surface area (Å²) >= 11 is 0. The predicted octanol–water partition coefficient (Wildman–Crippen LogP) is 2.98. The zero-order valence-electron chi connectivity index (χ0n) is 13.3. The molecule has 118 valence electrons. The van der Waals surface area contributed by atoms with Gasteiger partial charge >= 0.3 is 0 Å². The number of rotatable bonds is 5. The van der Waals surface area contributed by atoms with Crippen molar-refractivity contribution in [3.8, 4) is 5.75 Å². The van der Waals surface area contributed by atoms with Crippen molar-refractivity contribution in [3.63, 3.8) is 0 Å². The number of piperidine rings is 1. The Hall–Kier alpha value is -1.88. The van der Waals surface area contributed by atoms with Crippen molar-refractivity contribution in [2.24, 2.45) is 5.92 Å². The topological polar surface area (TPSA) is 51.4 Å². The van der Waals surface area contributed by atoms with E-state index >= 15 is 0 Å². The number of ether oxygens (including phenoxy) is 1. The summed E-state index contributed by atoms with van der Waals surface area (Å²) < 4.78 is 11.0. The number of para-hydroxylation sites is 1. The lowest BCUT2D eigenvalue weighted by molar-refractivity contribution is 0.122. The first kappa shape index (κ1) is 15.0. The molecule has 1 fully saturated rings. The molecule has 22 heavy (non-hydrogen) atoms. The Kier molecular flexibility index (Phi) is 4.73. The third kappa shape index (κ3) is 3.85.